The van der Waals surface area contributed by atoms with E-state index in [2.05, 4.69) is 0 Å². The van der Waals surface area contributed by atoms with Crippen LogP contribution in [0.4, 0.5) is 13.2 Å². The van der Waals surface area contributed by atoms with Crippen molar-refractivity contribution in [3.8, 4) is 11.5 Å². The molecule has 78 valence electrons. The van der Waals surface area contributed by atoms with Gasteiger partial charge in [-0.05, 0) is 24.6 Å². The Kier molecular flexibility index (Phi) is 2.59. The Morgan fingerprint density at radius 1 is 1.29 bits per heavy atom. The molecular weight excluding hydrogens is 197 g/mol. The first-order valence-corrected chi connectivity index (χ1v) is 3.81. The molecule has 0 aliphatic carbocycles. The molecule has 1 N–H and O–H groups in total. The van der Waals surface area contributed by atoms with Gasteiger partial charge in [-0.3, -0.25) is 0 Å². The second-order valence-electron chi connectivity index (χ2n) is 2.84. The Morgan fingerprint density at radius 3 is 2.21 bits per heavy atom. The van der Waals surface area contributed by atoms with E-state index in [0.29, 0.717) is 6.07 Å². The van der Waals surface area contributed by atoms with E-state index in [0.717, 1.165) is 6.07 Å². The maximum atomic E-state index is 12.2. The maximum absolute atomic E-state index is 12.2. The Morgan fingerprint density at radius 2 is 1.86 bits per heavy atom. The van der Waals surface area contributed by atoms with Crippen LogP contribution in [0.3, 0.4) is 0 Å². The molecule has 0 aliphatic rings. The van der Waals surface area contributed by atoms with E-state index < -0.39 is 17.5 Å². The molecule has 0 unspecified atom stereocenters. The van der Waals surface area contributed by atoms with Crippen LogP contribution in [-0.4, -0.2) is 12.2 Å². The predicted octanol–water partition coefficient (Wildman–Crippen LogP) is 2.73. The number of ether oxygens (including phenoxy) is 1. The zero-order chi connectivity index (χ0) is 10.9. The van der Waals surface area contributed by atoms with Crippen molar-refractivity contribution in [2.45, 2.75) is 13.1 Å². The van der Waals surface area contributed by atoms with E-state index in [1.807, 2.05) is 0 Å². The number of benzene rings is 1. The fraction of sp³-hybridized carbons (Fsp3) is 0.333. The first-order chi connectivity index (χ1) is 6.36. The highest BCUT2D eigenvalue weighted by molar-refractivity contribution is 5.48. The van der Waals surface area contributed by atoms with Gasteiger partial charge in [0.15, 0.2) is 11.5 Å². The lowest BCUT2D eigenvalue weighted by Crippen LogP contribution is -2.05. The zero-order valence-electron chi connectivity index (χ0n) is 7.64. The third kappa shape index (κ3) is 1.92. The molecule has 2 nitrogen and oxygen atoms in total. The largest absolute Gasteiger partial charge is 0.504 e. The molecule has 1 aromatic carbocycles. The third-order valence-electron chi connectivity index (χ3n) is 1.79. The van der Waals surface area contributed by atoms with Gasteiger partial charge in [0.25, 0.3) is 0 Å². The Bertz CT molecular complexity index is 321. The number of methoxy groups -OCH3 is 1. The van der Waals surface area contributed by atoms with Gasteiger partial charge in [0.1, 0.15) is 0 Å². The van der Waals surface area contributed by atoms with Crippen LogP contribution in [-0.2, 0) is 6.18 Å². The standard InChI is InChI=1S/C9H9F3O2/c1-5-3-6(9(10,11)12)4-7(13)8(5)14-2/h3-4,13H,1-2H3. The predicted molar refractivity (Wildman–Crippen MR) is 44.4 cm³/mol. The van der Waals surface area contributed by atoms with Crippen molar-refractivity contribution in [2.24, 2.45) is 0 Å². The SMILES string of the molecule is COc1c(C)cc(C(F)(F)F)cc1O. The molecule has 0 fully saturated rings. The van der Waals surface area contributed by atoms with Gasteiger partial charge in [-0.15, -0.1) is 0 Å². The van der Waals surface area contributed by atoms with E-state index >= 15 is 0 Å². The summed E-state index contributed by atoms with van der Waals surface area (Å²) in [5.41, 5.74) is -0.631. The number of alkyl halides is 3. The smallest absolute Gasteiger partial charge is 0.416 e. The molecule has 0 aromatic heterocycles. The van der Waals surface area contributed by atoms with Crippen molar-refractivity contribution >= 4 is 0 Å². The normalized spacial score (nSPS) is 11.5. The summed E-state index contributed by atoms with van der Waals surface area (Å²) in [6.45, 7) is 1.44. The summed E-state index contributed by atoms with van der Waals surface area (Å²) in [6.07, 6.45) is -4.45. The van der Waals surface area contributed by atoms with Crippen LogP contribution in [0.2, 0.25) is 0 Å². The van der Waals surface area contributed by atoms with E-state index in [4.69, 9.17) is 4.74 Å². The third-order valence-corrected chi connectivity index (χ3v) is 1.79. The lowest BCUT2D eigenvalue weighted by atomic mass is 10.1. The highest BCUT2D eigenvalue weighted by atomic mass is 19.4. The van der Waals surface area contributed by atoms with Gasteiger partial charge in [-0.25, -0.2) is 0 Å². The molecule has 1 rings (SSSR count). The van der Waals surface area contributed by atoms with Crippen LogP contribution < -0.4 is 4.74 Å². The topological polar surface area (TPSA) is 29.5 Å². The summed E-state index contributed by atoms with van der Waals surface area (Å²) in [4.78, 5) is 0. The summed E-state index contributed by atoms with van der Waals surface area (Å²) in [5, 5.41) is 9.21. The minimum Gasteiger partial charge on any atom is -0.504 e. The summed E-state index contributed by atoms with van der Waals surface area (Å²) in [7, 11) is 1.29. The van der Waals surface area contributed by atoms with Crippen LogP contribution in [0.5, 0.6) is 11.5 Å². The average molecular weight is 206 g/mol. The number of halogens is 3. The molecule has 0 aliphatic heterocycles. The van der Waals surface area contributed by atoms with Gasteiger partial charge >= 0.3 is 6.18 Å². The molecule has 0 atom stereocenters. The number of hydrogen-bond donors (Lipinski definition) is 1. The minimum absolute atomic E-state index is 0.0676. The summed E-state index contributed by atoms with van der Waals surface area (Å²) in [6, 6.07) is 1.57. The Labute approximate surface area is 78.9 Å². The molecule has 0 amide bonds. The molecule has 0 radical (unpaired) electrons. The van der Waals surface area contributed by atoms with Crippen molar-refractivity contribution in [2.75, 3.05) is 7.11 Å². The lowest BCUT2D eigenvalue weighted by Gasteiger charge is -2.11. The van der Waals surface area contributed by atoms with Gasteiger partial charge < -0.3 is 9.84 Å². The van der Waals surface area contributed by atoms with Crippen LogP contribution in [0.1, 0.15) is 11.1 Å². The van der Waals surface area contributed by atoms with Crippen molar-refractivity contribution < 1.29 is 23.0 Å². The maximum Gasteiger partial charge on any atom is 0.416 e. The van der Waals surface area contributed by atoms with Crippen LogP contribution in [0.25, 0.3) is 0 Å². The second kappa shape index (κ2) is 3.40. The molecule has 0 heterocycles. The van der Waals surface area contributed by atoms with Crippen molar-refractivity contribution in [1.29, 1.82) is 0 Å². The Balaban J connectivity index is 3.28. The van der Waals surface area contributed by atoms with Crippen LogP contribution >= 0.6 is 0 Å². The van der Waals surface area contributed by atoms with Gasteiger partial charge in [-0.1, -0.05) is 0 Å². The van der Waals surface area contributed by atoms with Gasteiger partial charge in [0.2, 0.25) is 0 Å². The van der Waals surface area contributed by atoms with E-state index in [-0.39, 0.29) is 11.3 Å². The average Bonchev–Trinajstić information content (AvgIpc) is 2.01. The Hall–Kier alpha value is -1.39. The number of phenolic OH excluding ortho intramolecular Hbond substituents is 1. The highest BCUT2D eigenvalue weighted by Gasteiger charge is 2.31. The molecule has 0 saturated carbocycles. The van der Waals surface area contributed by atoms with E-state index in [9.17, 15) is 18.3 Å². The first-order valence-electron chi connectivity index (χ1n) is 3.81. The van der Waals surface area contributed by atoms with Crippen molar-refractivity contribution in [3.05, 3.63) is 23.3 Å². The van der Waals surface area contributed by atoms with Gasteiger partial charge in [0.05, 0.1) is 12.7 Å². The lowest BCUT2D eigenvalue weighted by molar-refractivity contribution is -0.137. The fourth-order valence-electron chi connectivity index (χ4n) is 1.18. The summed E-state index contributed by atoms with van der Waals surface area (Å²) in [5.74, 6) is -0.433. The van der Waals surface area contributed by atoms with Gasteiger partial charge in [0, 0.05) is 0 Å². The summed E-state index contributed by atoms with van der Waals surface area (Å²) < 4.78 is 41.4. The molecule has 0 saturated heterocycles. The number of hydrogen-bond acceptors (Lipinski definition) is 2. The van der Waals surface area contributed by atoms with E-state index in [1.165, 1.54) is 14.0 Å². The van der Waals surface area contributed by atoms with Crippen LogP contribution in [0.15, 0.2) is 12.1 Å². The van der Waals surface area contributed by atoms with Gasteiger partial charge in [-0.2, -0.15) is 13.2 Å². The number of rotatable bonds is 1. The number of aryl methyl sites for hydroxylation is 1. The highest BCUT2D eigenvalue weighted by Crippen LogP contribution is 2.37. The van der Waals surface area contributed by atoms with E-state index in [1.54, 1.807) is 0 Å². The zero-order valence-corrected chi connectivity index (χ0v) is 7.64. The molecule has 0 bridgehead atoms. The first kappa shape index (κ1) is 10.7. The van der Waals surface area contributed by atoms with Crippen molar-refractivity contribution in [1.82, 2.24) is 0 Å². The quantitative estimate of drug-likeness (QED) is 0.765. The minimum atomic E-state index is -4.45. The molecule has 0 spiro atoms. The second-order valence-corrected chi connectivity index (χ2v) is 2.84. The monoisotopic (exact) mass is 206 g/mol. The fourth-order valence-corrected chi connectivity index (χ4v) is 1.18. The molecule has 1 aromatic rings. The van der Waals surface area contributed by atoms with Crippen molar-refractivity contribution in [3.63, 3.8) is 0 Å². The molecule has 14 heavy (non-hydrogen) atoms. The molecular formula is C9H9F3O2. The van der Waals surface area contributed by atoms with Crippen LogP contribution in [0, 0.1) is 6.92 Å². The number of aromatic hydroxyl groups is 1. The number of phenols is 1. The molecule has 5 heteroatoms. The summed E-state index contributed by atoms with van der Waals surface area (Å²) >= 11 is 0.